The van der Waals surface area contributed by atoms with Gasteiger partial charge in [0.05, 0.1) is 21.4 Å². The number of anilines is 2. The molecule has 3 aromatic heterocycles. The standard InChI is InChI=1S/C23H24N4S2/c1-4-10-27-11-8-17(23(27,2)3)21-13-16-18(7-9-24-22(16)29-21)26-15-5-6-20-19(12-15)25-14-28-20/h5-9,12-14H,4,10-11H2,1-3H3,(H,24,26). The zero-order chi connectivity index (χ0) is 20.0. The molecule has 0 spiro atoms. The van der Waals surface area contributed by atoms with Crippen LogP contribution in [0.3, 0.4) is 0 Å². The molecule has 29 heavy (non-hydrogen) atoms. The third kappa shape index (κ3) is 3.25. The number of aromatic nitrogens is 2. The van der Waals surface area contributed by atoms with Crippen molar-refractivity contribution < 1.29 is 0 Å². The summed E-state index contributed by atoms with van der Waals surface area (Å²) in [5.74, 6) is 0. The number of benzene rings is 1. The van der Waals surface area contributed by atoms with Crippen molar-refractivity contribution in [2.75, 3.05) is 18.4 Å². The Labute approximate surface area is 178 Å². The predicted molar refractivity (Wildman–Crippen MR) is 126 cm³/mol. The highest BCUT2D eigenvalue weighted by Gasteiger charge is 2.36. The lowest BCUT2D eigenvalue weighted by Gasteiger charge is -2.34. The molecule has 0 saturated carbocycles. The second-order valence-electron chi connectivity index (χ2n) is 7.97. The second-order valence-corrected chi connectivity index (χ2v) is 9.89. The first-order valence-electron chi connectivity index (χ1n) is 10.0. The number of thiophene rings is 1. The summed E-state index contributed by atoms with van der Waals surface area (Å²) in [6.07, 6.45) is 5.46. The normalized spacial score (nSPS) is 16.6. The summed E-state index contributed by atoms with van der Waals surface area (Å²) in [6.45, 7) is 9.07. The molecular formula is C23H24N4S2. The number of thiazole rings is 1. The van der Waals surface area contributed by atoms with Crippen LogP contribution >= 0.6 is 22.7 Å². The highest BCUT2D eigenvalue weighted by atomic mass is 32.1. The number of hydrogen-bond acceptors (Lipinski definition) is 6. The van der Waals surface area contributed by atoms with Crippen molar-refractivity contribution in [2.45, 2.75) is 32.7 Å². The average Bonchev–Trinajstić information content (AvgIpc) is 3.39. The molecule has 1 aromatic carbocycles. The van der Waals surface area contributed by atoms with E-state index < -0.39 is 0 Å². The Bertz CT molecular complexity index is 1220. The molecule has 6 heteroatoms. The van der Waals surface area contributed by atoms with E-state index in [9.17, 15) is 0 Å². The molecule has 4 nitrogen and oxygen atoms in total. The fourth-order valence-corrected chi connectivity index (χ4v) is 6.04. The Morgan fingerprint density at radius 1 is 1.17 bits per heavy atom. The molecule has 0 bridgehead atoms. The Morgan fingerprint density at radius 2 is 2.07 bits per heavy atom. The quantitative estimate of drug-likeness (QED) is 0.398. The van der Waals surface area contributed by atoms with Crippen LogP contribution in [0.4, 0.5) is 11.4 Å². The maximum absolute atomic E-state index is 4.65. The molecule has 0 unspecified atom stereocenters. The Morgan fingerprint density at radius 3 is 2.93 bits per heavy atom. The van der Waals surface area contributed by atoms with Crippen molar-refractivity contribution in [1.29, 1.82) is 0 Å². The first-order chi connectivity index (χ1) is 14.1. The number of pyridine rings is 1. The fraction of sp³-hybridized carbons (Fsp3) is 0.304. The number of rotatable bonds is 5. The number of hydrogen-bond donors (Lipinski definition) is 1. The van der Waals surface area contributed by atoms with Crippen molar-refractivity contribution in [2.24, 2.45) is 0 Å². The van der Waals surface area contributed by atoms with E-state index in [0.717, 1.165) is 34.8 Å². The Balaban J connectivity index is 1.50. The molecule has 4 heterocycles. The summed E-state index contributed by atoms with van der Waals surface area (Å²) in [5.41, 5.74) is 6.55. The Kier molecular flexibility index (Phi) is 4.65. The van der Waals surface area contributed by atoms with E-state index in [1.807, 2.05) is 11.7 Å². The zero-order valence-corrected chi connectivity index (χ0v) is 18.5. The Hall–Kier alpha value is -2.28. The van der Waals surface area contributed by atoms with Gasteiger partial charge in [-0.3, -0.25) is 4.90 Å². The minimum Gasteiger partial charge on any atom is -0.355 e. The van der Waals surface area contributed by atoms with E-state index in [4.69, 9.17) is 0 Å². The van der Waals surface area contributed by atoms with E-state index in [0.29, 0.717) is 0 Å². The van der Waals surface area contributed by atoms with E-state index in [2.05, 4.69) is 77.4 Å². The molecule has 0 atom stereocenters. The van der Waals surface area contributed by atoms with Crippen molar-refractivity contribution in [3.63, 3.8) is 0 Å². The molecular weight excluding hydrogens is 396 g/mol. The van der Waals surface area contributed by atoms with Crippen LogP contribution in [-0.2, 0) is 0 Å². The highest BCUT2D eigenvalue weighted by molar-refractivity contribution is 7.19. The minimum absolute atomic E-state index is 0.0557. The summed E-state index contributed by atoms with van der Waals surface area (Å²) in [6, 6.07) is 10.7. The van der Waals surface area contributed by atoms with Gasteiger partial charge in [-0.2, -0.15) is 0 Å². The molecule has 0 amide bonds. The number of fused-ring (bicyclic) bond motifs is 2. The minimum atomic E-state index is 0.0557. The maximum Gasteiger partial charge on any atom is 0.125 e. The first-order valence-corrected chi connectivity index (χ1v) is 11.7. The van der Waals surface area contributed by atoms with Gasteiger partial charge in [0, 0.05) is 34.2 Å². The van der Waals surface area contributed by atoms with Gasteiger partial charge in [0.2, 0.25) is 0 Å². The van der Waals surface area contributed by atoms with Gasteiger partial charge >= 0.3 is 0 Å². The van der Waals surface area contributed by atoms with Crippen LogP contribution in [0, 0.1) is 0 Å². The monoisotopic (exact) mass is 420 g/mol. The van der Waals surface area contributed by atoms with Crippen LogP contribution in [0.15, 0.2) is 48.1 Å². The van der Waals surface area contributed by atoms with Gasteiger partial charge in [-0.1, -0.05) is 13.0 Å². The third-order valence-corrected chi connectivity index (χ3v) is 7.66. The van der Waals surface area contributed by atoms with Gasteiger partial charge in [0.25, 0.3) is 0 Å². The van der Waals surface area contributed by atoms with Crippen molar-refractivity contribution in [3.8, 4) is 0 Å². The van der Waals surface area contributed by atoms with Crippen molar-refractivity contribution in [1.82, 2.24) is 14.9 Å². The third-order valence-electron chi connectivity index (χ3n) is 5.77. The molecule has 1 aliphatic heterocycles. The molecule has 0 fully saturated rings. The lowest BCUT2D eigenvalue weighted by molar-refractivity contribution is 0.207. The van der Waals surface area contributed by atoms with Gasteiger partial charge < -0.3 is 5.32 Å². The molecule has 1 aliphatic rings. The molecule has 0 aliphatic carbocycles. The van der Waals surface area contributed by atoms with Crippen LogP contribution in [0.2, 0.25) is 0 Å². The van der Waals surface area contributed by atoms with Crippen molar-refractivity contribution in [3.05, 3.63) is 53.0 Å². The molecule has 148 valence electrons. The predicted octanol–water partition coefficient (Wildman–Crippen LogP) is 6.54. The summed E-state index contributed by atoms with van der Waals surface area (Å²) >= 11 is 3.46. The molecule has 5 rings (SSSR count). The average molecular weight is 421 g/mol. The van der Waals surface area contributed by atoms with Gasteiger partial charge in [-0.25, -0.2) is 9.97 Å². The smallest absolute Gasteiger partial charge is 0.125 e. The van der Waals surface area contributed by atoms with E-state index in [1.54, 1.807) is 22.7 Å². The molecule has 0 radical (unpaired) electrons. The fourth-order valence-electron chi connectivity index (χ4n) is 4.16. The lowest BCUT2D eigenvalue weighted by Crippen LogP contribution is -2.40. The highest BCUT2D eigenvalue weighted by Crippen LogP contribution is 2.42. The van der Waals surface area contributed by atoms with Crippen LogP contribution in [-0.4, -0.2) is 33.5 Å². The molecule has 0 saturated heterocycles. The summed E-state index contributed by atoms with van der Waals surface area (Å²) in [7, 11) is 0. The summed E-state index contributed by atoms with van der Waals surface area (Å²) in [5, 5.41) is 4.76. The van der Waals surface area contributed by atoms with E-state index in [-0.39, 0.29) is 5.54 Å². The zero-order valence-electron chi connectivity index (χ0n) is 16.9. The van der Waals surface area contributed by atoms with Crippen LogP contribution in [0.5, 0.6) is 0 Å². The van der Waals surface area contributed by atoms with Gasteiger partial charge in [-0.05, 0) is 62.7 Å². The topological polar surface area (TPSA) is 41.0 Å². The molecule has 4 aromatic rings. The van der Waals surface area contributed by atoms with Crippen LogP contribution in [0.25, 0.3) is 26.0 Å². The van der Waals surface area contributed by atoms with Gasteiger partial charge in [-0.15, -0.1) is 22.7 Å². The first kappa shape index (κ1) is 18.7. The van der Waals surface area contributed by atoms with Crippen LogP contribution < -0.4 is 5.32 Å². The number of nitrogens with zero attached hydrogens (tertiary/aromatic N) is 3. The SMILES string of the molecule is CCCN1CC=C(c2cc3c(Nc4ccc5scnc5c4)ccnc3s2)C1(C)C. The van der Waals surface area contributed by atoms with Gasteiger partial charge in [0.1, 0.15) is 4.83 Å². The van der Waals surface area contributed by atoms with E-state index in [1.165, 1.54) is 27.0 Å². The largest absolute Gasteiger partial charge is 0.355 e. The molecule has 1 N–H and O–H groups in total. The lowest BCUT2D eigenvalue weighted by atomic mass is 9.93. The summed E-state index contributed by atoms with van der Waals surface area (Å²) in [4.78, 5) is 14.0. The van der Waals surface area contributed by atoms with Crippen LogP contribution in [0.1, 0.15) is 32.1 Å². The number of nitrogens with one attached hydrogen (secondary N) is 1. The van der Waals surface area contributed by atoms with Gasteiger partial charge in [0.15, 0.2) is 0 Å². The summed E-state index contributed by atoms with van der Waals surface area (Å²) < 4.78 is 1.21. The second kappa shape index (κ2) is 7.20. The van der Waals surface area contributed by atoms with Crippen molar-refractivity contribution >= 4 is 60.1 Å². The van der Waals surface area contributed by atoms with E-state index >= 15 is 0 Å². The maximum atomic E-state index is 4.65.